The van der Waals surface area contributed by atoms with Crippen molar-refractivity contribution in [3.63, 3.8) is 0 Å². The number of nitriles is 1. The normalized spacial score (nSPS) is 27.3. The Bertz CT molecular complexity index is 230. The first-order chi connectivity index (χ1) is 7.79. The van der Waals surface area contributed by atoms with Crippen molar-refractivity contribution in [2.75, 3.05) is 13.2 Å². The molecule has 0 aromatic heterocycles. The lowest BCUT2D eigenvalue weighted by Gasteiger charge is -2.35. The standard InChI is InChI=1S/C12H23NO2Si/c1-3-10-16(2)12-11(6-4-8-15-12)14-9-5-7-13/h11-12,16H,3-6,8-10H2,1-2H3. The van der Waals surface area contributed by atoms with E-state index in [0.717, 1.165) is 19.4 Å². The second-order valence-electron chi connectivity index (χ2n) is 4.56. The van der Waals surface area contributed by atoms with Crippen LogP contribution in [0.5, 0.6) is 0 Å². The topological polar surface area (TPSA) is 42.2 Å². The molecule has 0 aromatic rings. The molecule has 1 fully saturated rings. The molecule has 1 aliphatic heterocycles. The van der Waals surface area contributed by atoms with Crippen molar-refractivity contribution in [2.45, 2.75) is 57.0 Å². The first-order valence-electron chi connectivity index (χ1n) is 6.39. The Morgan fingerprint density at radius 2 is 2.38 bits per heavy atom. The van der Waals surface area contributed by atoms with Crippen molar-refractivity contribution < 1.29 is 9.47 Å². The molecule has 1 heterocycles. The molecule has 4 heteroatoms. The van der Waals surface area contributed by atoms with Gasteiger partial charge in [-0.15, -0.1) is 0 Å². The number of nitrogens with zero attached hydrogens (tertiary/aromatic N) is 1. The molecule has 0 radical (unpaired) electrons. The van der Waals surface area contributed by atoms with Gasteiger partial charge in [0.25, 0.3) is 0 Å². The molecule has 3 atom stereocenters. The van der Waals surface area contributed by atoms with Crippen molar-refractivity contribution in [1.82, 2.24) is 0 Å². The second kappa shape index (κ2) is 7.83. The van der Waals surface area contributed by atoms with Crippen LogP contribution in [0.2, 0.25) is 12.6 Å². The van der Waals surface area contributed by atoms with E-state index in [0.29, 0.717) is 18.8 Å². The fraction of sp³-hybridized carbons (Fsp3) is 0.917. The predicted octanol–water partition coefficient (Wildman–Crippen LogP) is 2.27. The van der Waals surface area contributed by atoms with Gasteiger partial charge in [-0.1, -0.05) is 25.9 Å². The molecule has 0 saturated carbocycles. The Balaban J connectivity index is 2.40. The molecule has 92 valence electrons. The van der Waals surface area contributed by atoms with Gasteiger partial charge in [-0.3, -0.25) is 0 Å². The molecule has 1 saturated heterocycles. The van der Waals surface area contributed by atoms with Gasteiger partial charge in [-0.05, 0) is 12.8 Å². The number of ether oxygens (including phenoxy) is 2. The Morgan fingerprint density at radius 3 is 3.06 bits per heavy atom. The average Bonchev–Trinajstić information content (AvgIpc) is 2.30. The summed E-state index contributed by atoms with van der Waals surface area (Å²) >= 11 is 0. The first-order valence-corrected chi connectivity index (χ1v) is 9.03. The molecule has 1 aliphatic rings. The van der Waals surface area contributed by atoms with E-state index >= 15 is 0 Å². The minimum absolute atomic E-state index is 0.260. The number of hydrogen-bond acceptors (Lipinski definition) is 3. The van der Waals surface area contributed by atoms with Gasteiger partial charge in [0.05, 0.1) is 39.7 Å². The molecule has 16 heavy (non-hydrogen) atoms. The van der Waals surface area contributed by atoms with E-state index in [1.54, 1.807) is 0 Å². The summed E-state index contributed by atoms with van der Waals surface area (Å²) in [6, 6.07) is 3.44. The maximum Gasteiger partial charge on any atom is 0.0804 e. The van der Waals surface area contributed by atoms with Gasteiger partial charge in [-0.2, -0.15) is 5.26 Å². The monoisotopic (exact) mass is 241 g/mol. The zero-order valence-electron chi connectivity index (χ0n) is 10.4. The average molecular weight is 241 g/mol. The third kappa shape index (κ3) is 4.24. The van der Waals surface area contributed by atoms with Crippen LogP contribution in [0.25, 0.3) is 0 Å². The maximum absolute atomic E-state index is 8.50. The molecular formula is C12H23NO2Si. The molecule has 0 aromatic carbocycles. The van der Waals surface area contributed by atoms with Crippen LogP contribution < -0.4 is 0 Å². The summed E-state index contributed by atoms with van der Waals surface area (Å²) in [5.41, 5.74) is 0.368. The number of hydrogen-bond donors (Lipinski definition) is 0. The van der Waals surface area contributed by atoms with E-state index in [1.807, 2.05) is 0 Å². The summed E-state index contributed by atoms with van der Waals surface area (Å²) < 4.78 is 11.7. The van der Waals surface area contributed by atoms with Crippen molar-refractivity contribution in [1.29, 1.82) is 5.26 Å². The van der Waals surface area contributed by atoms with Crippen molar-refractivity contribution in [3.8, 4) is 6.07 Å². The zero-order chi connectivity index (χ0) is 11.8. The summed E-state index contributed by atoms with van der Waals surface area (Å²) in [5.74, 6) is 0. The van der Waals surface area contributed by atoms with Crippen molar-refractivity contribution >= 4 is 8.80 Å². The summed E-state index contributed by atoms with van der Waals surface area (Å²) in [4.78, 5) is 0. The SMILES string of the molecule is CCC[SiH](C)C1OCCCC1OCCC#N. The van der Waals surface area contributed by atoms with Gasteiger partial charge >= 0.3 is 0 Å². The summed E-state index contributed by atoms with van der Waals surface area (Å²) in [6.07, 6.45) is 4.21. The first kappa shape index (κ1) is 13.7. The van der Waals surface area contributed by atoms with Crippen LogP contribution in [0.15, 0.2) is 0 Å². The molecule has 3 unspecified atom stereocenters. The van der Waals surface area contributed by atoms with Crippen LogP contribution in [0, 0.1) is 11.3 Å². The highest BCUT2D eigenvalue weighted by atomic mass is 28.3. The van der Waals surface area contributed by atoms with E-state index < -0.39 is 8.80 Å². The highest BCUT2D eigenvalue weighted by Gasteiger charge is 2.31. The van der Waals surface area contributed by atoms with Gasteiger partial charge in [0.2, 0.25) is 0 Å². The molecule has 1 rings (SSSR count). The van der Waals surface area contributed by atoms with E-state index in [1.165, 1.54) is 12.5 Å². The Labute approximate surface area is 100 Å². The Morgan fingerprint density at radius 1 is 1.56 bits per heavy atom. The fourth-order valence-corrected chi connectivity index (χ4v) is 5.10. The summed E-state index contributed by atoms with van der Waals surface area (Å²) in [5, 5.41) is 8.50. The van der Waals surface area contributed by atoms with E-state index in [-0.39, 0.29) is 6.10 Å². The molecule has 3 nitrogen and oxygen atoms in total. The zero-order valence-corrected chi connectivity index (χ0v) is 11.6. The molecule has 0 N–H and O–H groups in total. The third-order valence-electron chi connectivity index (χ3n) is 3.16. The molecule has 0 aliphatic carbocycles. The van der Waals surface area contributed by atoms with Gasteiger partial charge < -0.3 is 9.47 Å². The molecule has 0 amide bonds. The van der Waals surface area contributed by atoms with Crippen LogP contribution in [0.4, 0.5) is 0 Å². The van der Waals surface area contributed by atoms with E-state index in [2.05, 4.69) is 19.5 Å². The van der Waals surface area contributed by atoms with Crippen LogP contribution in [0.1, 0.15) is 32.6 Å². The molecule has 0 bridgehead atoms. The van der Waals surface area contributed by atoms with Crippen LogP contribution in [0.3, 0.4) is 0 Å². The Hall–Kier alpha value is -0.373. The summed E-state index contributed by atoms with van der Waals surface area (Å²) in [7, 11) is -0.823. The largest absolute Gasteiger partial charge is 0.379 e. The highest BCUT2D eigenvalue weighted by Crippen LogP contribution is 2.21. The van der Waals surface area contributed by atoms with E-state index in [9.17, 15) is 0 Å². The minimum Gasteiger partial charge on any atom is -0.379 e. The second-order valence-corrected chi connectivity index (χ2v) is 7.75. The van der Waals surface area contributed by atoms with E-state index in [4.69, 9.17) is 14.7 Å². The molecular weight excluding hydrogens is 218 g/mol. The van der Waals surface area contributed by atoms with Crippen molar-refractivity contribution in [2.24, 2.45) is 0 Å². The quantitative estimate of drug-likeness (QED) is 0.529. The van der Waals surface area contributed by atoms with Crippen LogP contribution in [-0.4, -0.2) is 33.8 Å². The van der Waals surface area contributed by atoms with Crippen molar-refractivity contribution in [3.05, 3.63) is 0 Å². The third-order valence-corrected chi connectivity index (χ3v) is 6.39. The number of rotatable bonds is 6. The Kier molecular flexibility index (Phi) is 6.70. The molecule has 0 spiro atoms. The fourth-order valence-electron chi connectivity index (χ4n) is 2.36. The maximum atomic E-state index is 8.50. The minimum atomic E-state index is -0.823. The highest BCUT2D eigenvalue weighted by molar-refractivity contribution is 6.58. The lowest BCUT2D eigenvalue weighted by atomic mass is 10.2. The van der Waals surface area contributed by atoms with Gasteiger partial charge in [0.1, 0.15) is 0 Å². The summed E-state index contributed by atoms with van der Waals surface area (Å²) in [6.45, 7) is 6.07. The van der Waals surface area contributed by atoms with Gasteiger partial charge in [-0.25, -0.2) is 0 Å². The van der Waals surface area contributed by atoms with Gasteiger partial charge in [0, 0.05) is 6.61 Å². The van der Waals surface area contributed by atoms with Crippen LogP contribution in [-0.2, 0) is 9.47 Å². The lowest BCUT2D eigenvalue weighted by molar-refractivity contribution is -0.0719. The predicted molar refractivity (Wildman–Crippen MR) is 67.1 cm³/mol. The smallest absolute Gasteiger partial charge is 0.0804 e. The van der Waals surface area contributed by atoms with Crippen LogP contribution >= 0.6 is 0 Å². The lowest BCUT2D eigenvalue weighted by Crippen LogP contribution is -2.45. The van der Waals surface area contributed by atoms with Gasteiger partial charge in [0.15, 0.2) is 0 Å².